The van der Waals surface area contributed by atoms with Crippen molar-refractivity contribution in [2.45, 2.75) is 32.9 Å². The van der Waals surface area contributed by atoms with Gasteiger partial charge in [-0.15, -0.1) is 10.2 Å². The maximum Gasteiger partial charge on any atom is 0.194 e. The highest BCUT2D eigenvalue weighted by molar-refractivity contribution is 5.80. The standard InChI is InChI=1S/C20H29F2N7/c1-4-18(16-7-6-15(21)12-17(16)22)28-8-10-29(11-9-28)20(23-5-2)24-13-19-26-25-14-27(19)3/h6-7,12,14,18H,4-5,8-11,13H2,1-3H3,(H,23,24). The van der Waals surface area contributed by atoms with Crippen molar-refractivity contribution in [2.75, 3.05) is 32.7 Å². The van der Waals surface area contributed by atoms with Crippen LogP contribution in [0.4, 0.5) is 8.78 Å². The van der Waals surface area contributed by atoms with Gasteiger partial charge in [0, 0.05) is 57.4 Å². The summed E-state index contributed by atoms with van der Waals surface area (Å²) >= 11 is 0. The number of nitrogens with one attached hydrogen (secondary N) is 1. The average Bonchev–Trinajstić information content (AvgIpc) is 3.12. The van der Waals surface area contributed by atoms with Gasteiger partial charge in [-0.05, 0) is 19.4 Å². The van der Waals surface area contributed by atoms with Gasteiger partial charge >= 0.3 is 0 Å². The molecular formula is C20H29F2N7. The number of aliphatic imine (C=N–C) groups is 1. The lowest BCUT2D eigenvalue weighted by molar-refractivity contribution is 0.124. The van der Waals surface area contributed by atoms with E-state index in [0.717, 1.165) is 57.0 Å². The minimum Gasteiger partial charge on any atom is -0.357 e. The molecule has 0 bridgehead atoms. The first kappa shape index (κ1) is 21.2. The van der Waals surface area contributed by atoms with Gasteiger partial charge in [0.2, 0.25) is 0 Å². The van der Waals surface area contributed by atoms with E-state index in [9.17, 15) is 8.78 Å². The maximum atomic E-state index is 14.3. The predicted molar refractivity (Wildman–Crippen MR) is 108 cm³/mol. The van der Waals surface area contributed by atoms with Crippen molar-refractivity contribution in [3.05, 3.63) is 47.5 Å². The van der Waals surface area contributed by atoms with E-state index in [-0.39, 0.29) is 6.04 Å². The molecule has 0 aliphatic carbocycles. The molecule has 1 aromatic carbocycles. The highest BCUT2D eigenvalue weighted by Crippen LogP contribution is 2.28. The van der Waals surface area contributed by atoms with Crippen LogP contribution in [0, 0.1) is 11.6 Å². The van der Waals surface area contributed by atoms with Gasteiger partial charge in [0.1, 0.15) is 24.5 Å². The predicted octanol–water partition coefficient (Wildman–Crippen LogP) is 2.33. The molecule has 29 heavy (non-hydrogen) atoms. The molecule has 0 amide bonds. The minimum absolute atomic E-state index is 0.0593. The molecule has 1 saturated heterocycles. The van der Waals surface area contributed by atoms with Crippen molar-refractivity contribution in [2.24, 2.45) is 12.0 Å². The summed E-state index contributed by atoms with van der Waals surface area (Å²) in [6, 6.07) is 3.81. The monoisotopic (exact) mass is 405 g/mol. The van der Waals surface area contributed by atoms with Crippen molar-refractivity contribution in [3.63, 3.8) is 0 Å². The summed E-state index contributed by atoms with van der Waals surface area (Å²) in [7, 11) is 1.90. The number of rotatable bonds is 6. The van der Waals surface area contributed by atoms with Gasteiger partial charge in [0.25, 0.3) is 0 Å². The molecule has 1 aliphatic heterocycles. The summed E-state index contributed by atoms with van der Waals surface area (Å²) in [6.07, 6.45) is 2.43. The number of nitrogens with zero attached hydrogens (tertiary/aromatic N) is 6. The van der Waals surface area contributed by atoms with E-state index >= 15 is 0 Å². The Kier molecular flexibility index (Phi) is 7.13. The molecule has 1 aliphatic rings. The second kappa shape index (κ2) is 9.78. The number of aromatic nitrogens is 3. The second-order valence-electron chi connectivity index (χ2n) is 7.14. The van der Waals surface area contributed by atoms with Gasteiger partial charge in [-0.25, -0.2) is 13.8 Å². The van der Waals surface area contributed by atoms with Gasteiger partial charge in [0.05, 0.1) is 0 Å². The smallest absolute Gasteiger partial charge is 0.194 e. The van der Waals surface area contributed by atoms with Crippen LogP contribution in [0.1, 0.15) is 37.7 Å². The van der Waals surface area contributed by atoms with E-state index in [2.05, 4.69) is 25.3 Å². The summed E-state index contributed by atoms with van der Waals surface area (Å²) in [4.78, 5) is 9.18. The van der Waals surface area contributed by atoms with E-state index in [0.29, 0.717) is 12.1 Å². The molecule has 3 rings (SSSR count). The third-order valence-electron chi connectivity index (χ3n) is 5.27. The normalized spacial score (nSPS) is 16.9. The van der Waals surface area contributed by atoms with Crippen LogP contribution < -0.4 is 5.32 Å². The summed E-state index contributed by atoms with van der Waals surface area (Å²) in [5, 5.41) is 11.3. The topological polar surface area (TPSA) is 61.6 Å². The molecule has 9 heteroatoms. The first-order valence-electron chi connectivity index (χ1n) is 10.1. The zero-order valence-electron chi connectivity index (χ0n) is 17.3. The van der Waals surface area contributed by atoms with E-state index in [4.69, 9.17) is 4.99 Å². The summed E-state index contributed by atoms with van der Waals surface area (Å²) in [5.41, 5.74) is 0.560. The molecule has 1 aromatic heterocycles. The summed E-state index contributed by atoms with van der Waals surface area (Å²) < 4.78 is 29.4. The van der Waals surface area contributed by atoms with Crippen LogP contribution in [0.25, 0.3) is 0 Å². The Bertz CT molecular complexity index is 828. The molecule has 2 aromatic rings. The molecule has 2 heterocycles. The Morgan fingerprint density at radius 3 is 2.55 bits per heavy atom. The third kappa shape index (κ3) is 5.09. The lowest BCUT2D eigenvalue weighted by Crippen LogP contribution is -2.53. The molecule has 1 unspecified atom stereocenters. The number of hydrogen-bond acceptors (Lipinski definition) is 4. The van der Waals surface area contributed by atoms with Crippen molar-refractivity contribution in [1.82, 2.24) is 29.9 Å². The summed E-state index contributed by atoms with van der Waals surface area (Å²) in [5.74, 6) is 0.631. The highest BCUT2D eigenvalue weighted by Gasteiger charge is 2.27. The van der Waals surface area contributed by atoms with Gasteiger partial charge in [-0.2, -0.15) is 0 Å². The number of hydrogen-bond donors (Lipinski definition) is 1. The number of benzene rings is 1. The molecule has 1 atom stereocenters. The zero-order valence-corrected chi connectivity index (χ0v) is 17.3. The molecular weight excluding hydrogens is 376 g/mol. The van der Waals surface area contributed by atoms with Crippen molar-refractivity contribution >= 4 is 5.96 Å². The summed E-state index contributed by atoms with van der Waals surface area (Å²) in [6.45, 7) is 8.43. The lowest BCUT2D eigenvalue weighted by atomic mass is 10.0. The Morgan fingerprint density at radius 1 is 1.21 bits per heavy atom. The quantitative estimate of drug-likeness (QED) is 0.590. The van der Waals surface area contributed by atoms with Crippen molar-refractivity contribution in [1.29, 1.82) is 0 Å². The minimum atomic E-state index is -0.541. The number of piperazine rings is 1. The molecule has 158 valence electrons. The molecule has 0 saturated carbocycles. The van der Waals surface area contributed by atoms with E-state index in [1.165, 1.54) is 6.07 Å². The first-order chi connectivity index (χ1) is 14.0. The fraction of sp³-hybridized carbons (Fsp3) is 0.550. The van der Waals surface area contributed by atoms with Crippen molar-refractivity contribution in [3.8, 4) is 0 Å². The highest BCUT2D eigenvalue weighted by atomic mass is 19.1. The zero-order chi connectivity index (χ0) is 20.8. The Hall–Kier alpha value is -2.55. The first-order valence-corrected chi connectivity index (χ1v) is 10.1. The largest absolute Gasteiger partial charge is 0.357 e. The van der Waals surface area contributed by atoms with Gasteiger partial charge in [-0.1, -0.05) is 13.0 Å². The lowest BCUT2D eigenvalue weighted by Gasteiger charge is -2.40. The van der Waals surface area contributed by atoms with Crippen LogP contribution >= 0.6 is 0 Å². The van der Waals surface area contributed by atoms with Gasteiger partial charge in [-0.3, -0.25) is 4.90 Å². The second-order valence-corrected chi connectivity index (χ2v) is 7.14. The maximum absolute atomic E-state index is 14.3. The van der Waals surface area contributed by atoms with E-state index in [1.807, 2.05) is 25.5 Å². The SMILES string of the molecule is CCNC(=NCc1nncn1C)N1CCN(C(CC)c2ccc(F)cc2F)CC1. The fourth-order valence-corrected chi connectivity index (χ4v) is 3.71. The van der Waals surface area contributed by atoms with Crippen LogP contribution in [0.3, 0.4) is 0 Å². The van der Waals surface area contributed by atoms with Crippen LogP contribution in [0.5, 0.6) is 0 Å². The number of aryl methyl sites for hydroxylation is 1. The molecule has 1 N–H and O–H groups in total. The molecule has 0 spiro atoms. The molecule has 7 nitrogen and oxygen atoms in total. The van der Waals surface area contributed by atoms with Crippen molar-refractivity contribution < 1.29 is 8.78 Å². The van der Waals surface area contributed by atoms with Crippen LogP contribution in [-0.4, -0.2) is 63.2 Å². The number of guanidine groups is 1. The van der Waals surface area contributed by atoms with Gasteiger partial charge in [0.15, 0.2) is 11.8 Å². The molecule has 1 fully saturated rings. The Morgan fingerprint density at radius 2 is 1.97 bits per heavy atom. The average molecular weight is 405 g/mol. The Labute approximate surface area is 170 Å². The van der Waals surface area contributed by atoms with Crippen LogP contribution in [-0.2, 0) is 13.6 Å². The Balaban J connectivity index is 1.66. The fourth-order valence-electron chi connectivity index (χ4n) is 3.71. The third-order valence-corrected chi connectivity index (χ3v) is 5.27. The van der Waals surface area contributed by atoms with E-state index in [1.54, 1.807) is 12.4 Å². The number of halogens is 2. The van der Waals surface area contributed by atoms with Gasteiger partial charge < -0.3 is 14.8 Å². The van der Waals surface area contributed by atoms with Crippen LogP contribution in [0.15, 0.2) is 29.5 Å². The van der Waals surface area contributed by atoms with Crippen LogP contribution in [0.2, 0.25) is 0 Å². The molecule has 0 radical (unpaired) electrons. The van der Waals surface area contributed by atoms with E-state index < -0.39 is 11.6 Å².